The van der Waals surface area contributed by atoms with Crippen LogP contribution < -0.4 is 10.0 Å². The van der Waals surface area contributed by atoms with Gasteiger partial charge in [0.15, 0.2) is 0 Å². The molecule has 0 unspecified atom stereocenters. The molecule has 0 aliphatic heterocycles. The van der Waals surface area contributed by atoms with Crippen LogP contribution in [-0.4, -0.2) is 33.9 Å². The standard InChI is InChI=1S/C9H15N3O2S/c1-10-8-5-4-6-9(7-8)11-15(13,14)12(2)3/h4-7,10-11H,1-3H3. The topological polar surface area (TPSA) is 61.4 Å². The van der Waals surface area contributed by atoms with E-state index in [2.05, 4.69) is 10.0 Å². The maximum Gasteiger partial charge on any atom is 0.301 e. The van der Waals surface area contributed by atoms with Crippen molar-refractivity contribution < 1.29 is 8.42 Å². The third-order valence-corrected chi connectivity index (χ3v) is 3.33. The molecule has 0 aliphatic carbocycles. The average Bonchev–Trinajstić information content (AvgIpc) is 2.17. The number of anilines is 2. The number of hydrogen-bond donors (Lipinski definition) is 2. The monoisotopic (exact) mass is 229 g/mol. The lowest BCUT2D eigenvalue weighted by Gasteiger charge is -2.13. The van der Waals surface area contributed by atoms with Gasteiger partial charge in [0.2, 0.25) is 0 Å². The summed E-state index contributed by atoms with van der Waals surface area (Å²) in [7, 11) is 1.31. The quantitative estimate of drug-likeness (QED) is 0.808. The molecule has 0 radical (unpaired) electrons. The van der Waals surface area contributed by atoms with Gasteiger partial charge in [-0.3, -0.25) is 4.72 Å². The molecule has 0 amide bonds. The molecule has 1 aromatic rings. The molecule has 0 spiro atoms. The van der Waals surface area contributed by atoms with Crippen molar-refractivity contribution in [3.05, 3.63) is 24.3 Å². The van der Waals surface area contributed by atoms with Crippen molar-refractivity contribution in [3.63, 3.8) is 0 Å². The summed E-state index contributed by atoms with van der Waals surface area (Å²) in [5, 5.41) is 2.93. The maximum atomic E-state index is 11.5. The van der Waals surface area contributed by atoms with Gasteiger partial charge in [0.25, 0.3) is 0 Å². The van der Waals surface area contributed by atoms with Crippen LogP contribution in [0, 0.1) is 0 Å². The summed E-state index contributed by atoms with van der Waals surface area (Å²) in [5.74, 6) is 0. The summed E-state index contributed by atoms with van der Waals surface area (Å²) in [5.41, 5.74) is 1.39. The van der Waals surface area contributed by atoms with Gasteiger partial charge < -0.3 is 5.32 Å². The van der Waals surface area contributed by atoms with E-state index in [1.807, 2.05) is 6.07 Å². The molecule has 1 rings (SSSR count). The second-order valence-corrected chi connectivity index (χ2v) is 5.10. The molecule has 0 heterocycles. The van der Waals surface area contributed by atoms with Crippen LogP contribution in [0.3, 0.4) is 0 Å². The smallest absolute Gasteiger partial charge is 0.301 e. The minimum absolute atomic E-state index is 0.538. The van der Waals surface area contributed by atoms with E-state index in [4.69, 9.17) is 0 Å². The van der Waals surface area contributed by atoms with Crippen LogP contribution >= 0.6 is 0 Å². The predicted molar refractivity (Wildman–Crippen MR) is 62.2 cm³/mol. The van der Waals surface area contributed by atoms with Crippen molar-refractivity contribution in [2.45, 2.75) is 0 Å². The van der Waals surface area contributed by atoms with Gasteiger partial charge in [-0.25, -0.2) is 0 Å². The molecular formula is C9H15N3O2S. The number of nitrogens with zero attached hydrogens (tertiary/aromatic N) is 1. The Morgan fingerprint density at radius 2 is 1.80 bits per heavy atom. The molecule has 5 nitrogen and oxygen atoms in total. The zero-order valence-electron chi connectivity index (χ0n) is 8.98. The molecule has 0 bridgehead atoms. The molecule has 0 aromatic heterocycles. The normalized spacial score (nSPS) is 11.5. The Hall–Kier alpha value is -1.27. The third kappa shape index (κ3) is 3.10. The van der Waals surface area contributed by atoms with Crippen LogP contribution in [0.15, 0.2) is 24.3 Å². The van der Waals surface area contributed by atoms with Crippen molar-refractivity contribution >= 4 is 21.6 Å². The van der Waals surface area contributed by atoms with E-state index < -0.39 is 10.2 Å². The third-order valence-electron chi connectivity index (χ3n) is 1.88. The van der Waals surface area contributed by atoms with Crippen LogP contribution in [0.25, 0.3) is 0 Å². The molecule has 2 N–H and O–H groups in total. The van der Waals surface area contributed by atoms with Crippen LogP contribution in [0.2, 0.25) is 0 Å². The molecule has 0 atom stereocenters. The van der Waals surface area contributed by atoms with Gasteiger partial charge in [0.05, 0.1) is 5.69 Å². The van der Waals surface area contributed by atoms with Crippen LogP contribution in [0.5, 0.6) is 0 Å². The van der Waals surface area contributed by atoms with E-state index in [9.17, 15) is 8.42 Å². The van der Waals surface area contributed by atoms with Gasteiger partial charge in [0, 0.05) is 26.8 Å². The Kier molecular flexibility index (Phi) is 3.54. The first-order chi connectivity index (χ1) is 6.95. The van der Waals surface area contributed by atoms with Gasteiger partial charge in [-0.1, -0.05) is 6.07 Å². The fraction of sp³-hybridized carbons (Fsp3) is 0.333. The van der Waals surface area contributed by atoms with Gasteiger partial charge in [-0.15, -0.1) is 0 Å². The number of hydrogen-bond acceptors (Lipinski definition) is 3. The minimum atomic E-state index is -3.42. The summed E-state index contributed by atoms with van der Waals surface area (Å²) in [6.07, 6.45) is 0. The highest BCUT2D eigenvalue weighted by molar-refractivity contribution is 7.90. The first-order valence-corrected chi connectivity index (χ1v) is 5.88. The molecule has 0 aliphatic rings. The first-order valence-electron chi connectivity index (χ1n) is 4.44. The zero-order chi connectivity index (χ0) is 11.5. The molecule has 0 saturated carbocycles. The highest BCUT2D eigenvalue weighted by Crippen LogP contribution is 2.15. The largest absolute Gasteiger partial charge is 0.388 e. The average molecular weight is 229 g/mol. The van der Waals surface area contributed by atoms with E-state index in [0.717, 1.165) is 9.99 Å². The van der Waals surface area contributed by atoms with Crippen molar-refractivity contribution in [3.8, 4) is 0 Å². The highest BCUT2D eigenvalue weighted by atomic mass is 32.2. The molecular weight excluding hydrogens is 214 g/mol. The molecule has 84 valence electrons. The number of benzene rings is 1. The molecule has 15 heavy (non-hydrogen) atoms. The summed E-state index contributed by atoms with van der Waals surface area (Å²) in [6, 6.07) is 7.05. The van der Waals surface area contributed by atoms with E-state index in [-0.39, 0.29) is 0 Å². The number of nitrogens with one attached hydrogen (secondary N) is 2. The molecule has 0 saturated heterocycles. The molecule has 0 fully saturated rings. The zero-order valence-corrected chi connectivity index (χ0v) is 9.80. The predicted octanol–water partition coefficient (Wildman–Crippen LogP) is 0.947. The van der Waals surface area contributed by atoms with Crippen LogP contribution in [0.4, 0.5) is 11.4 Å². The Bertz CT molecular complexity index is 429. The summed E-state index contributed by atoms with van der Waals surface area (Å²) < 4.78 is 26.6. The SMILES string of the molecule is CNc1cccc(NS(=O)(=O)N(C)C)c1. The Balaban J connectivity index is 2.90. The second kappa shape index (κ2) is 4.50. The van der Waals surface area contributed by atoms with Crippen molar-refractivity contribution in [1.82, 2.24) is 4.31 Å². The van der Waals surface area contributed by atoms with E-state index in [1.54, 1.807) is 25.2 Å². The van der Waals surface area contributed by atoms with Gasteiger partial charge >= 0.3 is 10.2 Å². The summed E-state index contributed by atoms with van der Waals surface area (Å²) in [6.45, 7) is 0. The lowest BCUT2D eigenvalue weighted by atomic mass is 10.3. The Labute approximate surface area is 90.3 Å². The lowest BCUT2D eigenvalue weighted by molar-refractivity contribution is 0.527. The van der Waals surface area contributed by atoms with Crippen LogP contribution in [0.1, 0.15) is 0 Å². The lowest BCUT2D eigenvalue weighted by Crippen LogP contribution is -2.28. The Morgan fingerprint density at radius 3 is 2.33 bits per heavy atom. The highest BCUT2D eigenvalue weighted by Gasteiger charge is 2.12. The fourth-order valence-corrected chi connectivity index (χ4v) is 1.59. The second-order valence-electron chi connectivity index (χ2n) is 3.22. The van der Waals surface area contributed by atoms with E-state index in [1.165, 1.54) is 14.1 Å². The van der Waals surface area contributed by atoms with Gasteiger partial charge in [-0.2, -0.15) is 12.7 Å². The van der Waals surface area contributed by atoms with Crippen LogP contribution in [-0.2, 0) is 10.2 Å². The summed E-state index contributed by atoms with van der Waals surface area (Å²) >= 11 is 0. The first kappa shape index (κ1) is 11.8. The number of rotatable bonds is 4. The fourth-order valence-electron chi connectivity index (χ4n) is 0.978. The van der Waals surface area contributed by atoms with Gasteiger partial charge in [-0.05, 0) is 18.2 Å². The molecule has 1 aromatic carbocycles. The van der Waals surface area contributed by atoms with E-state index >= 15 is 0 Å². The minimum Gasteiger partial charge on any atom is -0.388 e. The van der Waals surface area contributed by atoms with Crippen molar-refractivity contribution in [1.29, 1.82) is 0 Å². The van der Waals surface area contributed by atoms with Crippen molar-refractivity contribution in [2.75, 3.05) is 31.2 Å². The van der Waals surface area contributed by atoms with E-state index in [0.29, 0.717) is 5.69 Å². The summed E-state index contributed by atoms with van der Waals surface area (Å²) in [4.78, 5) is 0. The Morgan fingerprint density at radius 1 is 1.20 bits per heavy atom. The van der Waals surface area contributed by atoms with Crippen molar-refractivity contribution in [2.24, 2.45) is 0 Å². The maximum absolute atomic E-state index is 11.5. The van der Waals surface area contributed by atoms with Gasteiger partial charge in [0.1, 0.15) is 0 Å². The molecule has 6 heteroatoms.